The zero-order valence-corrected chi connectivity index (χ0v) is 13.5. The van der Waals surface area contributed by atoms with Crippen LogP contribution in [0.5, 0.6) is 0 Å². The predicted octanol–water partition coefficient (Wildman–Crippen LogP) is 3.85. The van der Waals surface area contributed by atoms with Crippen molar-refractivity contribution in [3.8, 4) is 0 Å². The third-order valence-corrected chi connectivity index (χ3v) is 5.26. The molecular formula is C17H33NO. The molecule has 2 aliphatic carbocycles. The lowest BCUT2D eigenvalue weighted by atomic mass is 9.64. The van der Waals surface area contributed by atoms with Gasteiger partial charge in [0.15, 0.2) is 0 Å². The normalized spacial score (nSPS) is 37.6. The molecule has 2 nitrogen and oxygen atoms in total. The first-order valence-electron chi connectivity index (χ1n) is 8.24. The standard InChI is InChI=1S/C17H33NO/c1-12(2)11-19-16-9-15(17(16,4)5)18-10-14-7-6-13(3)8-14/h12-16,18H,6-11H2,1-5H3. The highest BCUT2D eigenvalue weighted by Crippen LogP contribution is 2.43. The molecule has 0 aromatic heterocycles. The molecule has 0 saturated heterocycles. The van der Waals surface area contributed by atoms with Gasteiger partial charge in [-0.15, -0.1) is 0 Å². The molecule has 2 heteroatoms. The Morgan fingerprint density at radius 2 is 1.95 bits per heavy atom. The van der Waals surface area contributed by atoms with Gasteiger partial charge in [0.25, 0.3) is 0 Å². The van der Waals surface area contributed by atoms with Gasteiger partial charge in [0.1, 0.15) is 0 Å². The molecule has 0 aromatic rings. The number of rotatable bonds is 6. The van der Waals surface area contributed by atoms with Gasteiger partial charge in [-0.3, -0.25) is 0 Å². The molecule has 0 aliphatic heterocycles. The SMILES string of the molecule is CC(C)COC1CC(NCC2CCC(C)C2)C1(C)C. The molecule has 0 radical (unpaired) electrons. The van der Waals surface area contributed by atoms with Crippen LogP contribution in [0.4, 0.5) is 0 Å². The first-order chi connectivity index (χ1) is 8.89. The molecular weight excluding hydrogens is 234 g/mol. The summed E-state index contributed by atoms with van der Waals surface area (Å²) in [5, 5.41) is 3.81. The van der Waals surface area contributed by atoms with Crippen LogP contribution in [0.1, 0.15) is 60.3 Å². The summed E-state index contributed by atoms with van der Waals surface area (Å²) < 4.78 is 6.03. The van der Waals surface area contributed by atoms with Gasteiger partial charge < -0.3 is 10.1 Å². The van der Waals surface area contributed by atoms with Crippen molar-refractivity contribution >= 4 is 0 Å². The summed E-state index contributed by atoms with van der Waals surface area (Å²) in [7, 11) is 0. The summed E-state index contributed by atoms with van der Waals surface area (Å²) in [5.41, 5.74) is 0.305. The molecule has 0 aromatic carbocycles. The van der Waals surface area contributed by atoms with Gasteiger partial charge in [0, 0.05) is 18.1 Å². The van der Waals surface area contributed by atoms with Crippen molar-refractivity contribution < 1.29 is 4.74 Å². The number of hydrogen-bond donors (Lipinski definition) is 1. The lowest BCUT2D eigenvalue weighted by Crippen LogP contribution is -2.61. The van der Waals surface area contributed by atoms with Crippen LogP contribution in [-0.4, -0.2) is 25.3 Å². The Morgan fingerprint density at radius 1 is 1.21 bits per heavy atom. The summed E-state index contributed by atoms with van der Waals surface area (Å²) >= 11 is 0. The molecule has 2 rings (SSSR count). The van der Waals surface area contributed by atoms with Crippen molar-refractivity contribution in [2.45, 2.75) is 72.4 Å². The largest absolute Gasteiger partial charge is 0.377 e. The fourth-order valence-corrected chi connectivity index (χ4v) is 3.64. The average Bonchev–Trinajstić information content (AvgIpc) is 2.72. The van der Waals surface area contributed by atoms with Crippen LogP contribution in [0, 0.1) is 23.2 Å². The van der Waals surface area contributed by atoms with Crippen molar-refractivity contribution in [3.63, 3.8) is 0 Å². The Hall–Kier alpha value is -0.0800. The number of hydrogen-bond acceptors (Lipinski definition) is 2. The minimum atomic E-state index is 0.305. The lowest BCUT2D eigenvalue weighted by molar-refractivity contribution is -0.124. The topological polar surface area (TPSA) is 21.3 Å². The van der Waals surface area contributed by atoms with E-state index in [0.29, 0.717) is 23.5 Å². The Morgan fingerprint density at radius 3 is 2.47 bits per heavy atom. The van der Waals surface area contributed by atoms with Crippen LogP contribution >= 0.6 is 0 Å². The van der Waals surface area contributed by atoms with Crippen LogP contribution in [0.25, 0.3) is 0 Å². The maximum Gasteiger partial charge on any atom is 0.0656 e. The zero-order chi connectivity index (χ0) is 14.0. The quantitative estimate of drug-likeness (QED) is 0.789. The molecule has 19 heavy (non-hydrogen) atoms. The minimum absolute atomic E-state index is 0.305. The van der Waals surface area contributed by atoms with E-state index in [-0.39, 0.29) is 0 Å². The summed E-state index contributed by atoms with van der Waals surface area (Å²) in [6.45, 7) is 13.7. The van der Waals surface area contributed by atoms with Crippen molar-refractivity contribution in [2.24, 2.45) is 23.2 Å². The molecule has 2 fully saturated rings. The van der Waals surface area contributed by atoms with E-state index < -0.39 is 0 Å². The minimum Gasteiger partial charge on any atom is -0.377 e. The van der Waals surface area contributed by atoms with Gasteiger partial charge in [0.05, 0.1) is 6.10 Å². The Balaban J connectivity index is 1.69. The first kappa shape index (κ1) is 15.3. The van der Waals surface area contributed by atoms with Gasteiger partial charge >= 0.3 is 0 Å². The summed E-state index contributed by atoms with van der Waals surface area (Å²) in [4.78, 5) is 0. The van der Waals surface area contributed by atoms with E-state index in [1.165, 1.54) is 32.2 Å². The van der Waals surface area contributed by atoms with E-state index in [0.717, 1.165) is 18.4 Å². The van der Waals surface area contributed by atoms with Crippen molar-refractivity contribution in [3.05, 3.63) is 0 Å². The zero-order valence-electron chi connectivity index (χ0n) is 13.5. The van der Waals surface area contributed by atoms with Crippen molar-refractivity contribution in [1.29, 1.82) is 0 Å². The Labute approximate surface area is 119 Å². The molecule has 112 valence electrons. The van der Waals surface area contributed by atoms with E-state index in [1.54, 1.807) is 0 Å². The highest BCUT2D eigenvalue weighted by Gasteiger charge is 2.48. The number of nitrogens with one attached hydrogen (secondary N) is 1. The molecule has 4 atom stereocenters. The van der Waals surface area contributed by atoms with Crippen LogP contribution in [0.15, 0.2) is 0 Å². The van der Waals surface area contributed by atoms with Crippen molar-refractivity contribution in [2.75, 3.05) is 13.2 Å². The van der Waals surface area contributed by atoms with E-state index >= 15 is 0 Å². The second-order valence-corrected chi connectivity index (χ2v) is 8.02. The smallest absolute Gasteiger partial charge is 0.0656 e. The Kier molecular flexibility index (Phi) is 4.94. The van der Waals surface area contributed by atoms with E-state index in [4.69, 9.17) is 4.74 Å². The highest BCUT2D eigenvalue weighted by molar-refractivity contribution is 5.03. The summed E-state index contributed by atoms with van der Waals surface area (Å²) in [5.74, 6) is 2.51. The first-order valence-corrected chi connectivity index (χ1v) is 8.24. The fraction of sp³-hybridized carbons (Fsp3) is 1.00. The molecule has 2 saturated carbocycles. The van der Waals surface area contributed by atoms with E-state index in [9.17, 15) is 0 Å². The third kappa shape index (κ3) is 3.72. The van der Waals surface area contributed by atoms with Gasteiger partial charge in [-0.2, -0.15) is 0 Å². The molecule has 1 N–H and O–H groups in total. The van der Waals surface area contributed by atoms with Crippen molar-refractivity contribution in [1.82, 2.24) is 5.32 Å². The molecule has 0 heterocycles. The summed E-state index contributed by atoms with van der Waals surface area (Å²) in [6.07, 6.45) is 5.93. The van der Waals surface area contributed by atoms with E-state index in [1.807, 2.05) is 0 Å². The highest BCUT2D eigenvalue weighted by atomic mass is 16.5. The maximum atomic E-state index is 6.03. The summed E-state index contributed by atoms with van der Waals surface area (Å²) in [6, 6.07) is 0.653. The van der Waals surface area contributed by atoms with Crippen LogP contribution in [-0.2, 0) is 4.74 Å². The molecule has 0 amide bonds. The van der Waals surface area contributed by atoms with Gasteiger partial charge in [-0.1, -0.05) is 41.0 Å². The monoisotopic (exact) mass is 267 g/mol. The fourth-order valence-electron chi connectivity index (χ4n) is 3.64. The maximum absolute atomic E-state index is 6.03. The second-order valence-electron chi connectivity index (χ2n) is 8.02. The third-order valence-electron chi connectivity index (χ3n) is 5.26. The molecule has 2 aliphatic rings. The Bertz CT molecular complexity index is 287. The van der Waals surface area contributed by atoms with Gasteiger partial charge in [-0.25, -0.2) is 0 Å². The average molecular weight is 267 g/mol. The van der Waals surface area contributed by atoms with Gasteiger partial charge in [0.2, 0.25) is 0 Å². The molecule has 0 bridgehead atoms. The lowest BCUT2D eigenvalue weighted by Gasteiger charge is -2.52. The molecule has 4 unspecified atom stereocenters. The van der Waals surface area contributed by atoms with Gasteiger partial charge in [-0.05, 0) is 43.6 Å². The number of ether oxygens (including phenoxy) is 1. The van der Waals surface area contributed by atoms with Crippen LogP contribution in [0.3, 0.4) is 0 Å². The second kappa shape index (κ2) is 6.13. The predicted molar refractivity (Wildman–Crippen MR) is 81.3 cm³/mol. The van der Waals surface area contributed by atoms with Crippen LogP contribution < -0.4 is 5.32 Å². The van der Waals surface area contributed by atoms with Crippen LogP contribution in [0.2, 0.25) is 0 Å². The molecule has 0 spiro atoms. The van der Waals surface area contributed by atoms with E-state index in [2.05, 4.69) is 39.9 Å².